The summed E-state index contributed by atoms with van der Waals surface area (Å²) in [5.74, 6) is -0.0631. The van der Waals surface area contributed by atoms with Crippen LogP contribution >= 0.6 is 0 Å². The van der Waals surface area contributed by atoms with E-state index in [0.717, 1.165) is 24.0 Å². The largest absolute Gasteiger partial charge is 0.340 e. The van der Waals surface area contributed by atoms with Gasteiger partial charge in [-0.15, -0.1) is 0 Å². The first-order valence-corrected chi connectivity index (χ1v) is 11.3. The number of hydrogen-bond donors (Lipinski definition) is 0. The normalized spacial score (nSPS) is 16.7. The molecule has 2 aromatic carbocycles. The molecule has 0 N–H and O–H groups in total. The van der Waals surface area contributed by atoms with Gasteiger partial charge in [0.2, 0.25) is 15.9 Å². The summed E-state index contributed by atoms with van der Waals surface area (Å²) in [6, 6.07) is 16.8. The van der Waals surface area contributed by atoms with Gasteiger partial charge in [0.25, 0.3) is 0 Å². The van der Waals surface area contributed by atoms with Crippen molar-refractivity contribution in [1.82, 2.24) is 9.21 Å². The maximum absolute atomic E-state index is 13.1. The number of hydrogen-bond acceptors (Lipinski definition) is 3. The molecule has 5 nitrogen and oxygen atoms in total. The van der Waals surface area contributed by atoms with E-state index in [4.69, 9.17) is 0 Å². The van der Waals surface area contributed by atoms with Gasteiger partial charge in [0.05, 0.1) is 10.8 Å². The number of piperazine rings is 1. The molecule has 0 aromatic heterocycles. The molecule has 28 heavy (non-hydrogen) atoms. The molecule has 0 spiro atoms. The minimum Gasteiger partial charge on any atom is -0.340 e. The summed E-state index contributed by atoms with van der Waals surface area (Å²) in [6.45, 7) is 5.52. The highest BCUT2D eigenvalue weighted by Crippen LogP contribution is 2.25. The standard InChI is InChI=1S/C22H28N2O3S/c1-3-7-21(19-8-5-4-6-9-19)22(25)23-14-16-24(17-15-23)28(26,27)20-12-10-18(2)11-13-20/h4-6,8-13,21H,3,7,14-17H2,1-2H3/t21-/m0/s1. The summed E-state index contributed by atoms with van der Waals surface area (Å²) in [7, 11) is -3.52. The zero-order chi connectivity index (χ0) is 20.1. The molecular weight excluding hydrogens is 372 g/mol. The third-order valence-electron chi connectivity index (χ3n) is 5.29. The molecule has 6 heteroatoms. The molecule has 0 unspecified atom stereocenters. The van der Waals surface area contributed by atoms with Crippen LogP contribution in [0.15, 0.2) is 59.5 Å². The van der Waals surface area contributed by atoms with E-state index in [1.165, 1.54) is 4.31 Å². The minimum absolute atomic E-state index is 0.0976. The molecule has 1 aliphatic heterocycles. The highest BCUT2D eigenvalue weighted by molar-refractivity contribution is 7.89. The van der Waals surface area contributed by atoms with Crippen molar-refractivity contribution in [1.29, 1.82) is 0 Å². The van der Waals surface area contributed by atoms with E-state index in [2.05, 4.69) is 6.92 Å². The van der Waals surface area contributed by atoms with Gasteiger partial charge in [-0.2, -0.15) is 4.31 Å². The smallest absolute Gasteiger partial charge is 0.243 e. The van der Waals surface area contributed by atoms with Crippen LogP contribution in [0.25, 0.3) is 0 Å². The van der Waals surface area contributed by atoms with Crippen molar-refractivity contribution in [2.75, 3.05) is 26.2 Å². The molecule has 0 radical (unpaired) electrons. The van der Waals surface area contributed by atoms with Crippen molar-refractivity contribution in [2.45, 2.75) is 37.5 Å². The second-order valence-corrected chi connectivity index (χ2v) is 9.23. The monoisotopic (exact) mass is 400 g/mol. The Balaban J connectivity index is 1.68. The van der Waals surface area contributed by atoms with Crippen LogP contribution < -0.4 is 0 Å². The Hall–Kier alpha value is -2.18. The third kappa shape index (κ3) is 4.45. The first-order chi connectivity index (χ1) is 13.4. The van der Waals surface area contributed by atoms with E-state index in [1.54, 1.807) is 12.1 Å². The number of amides is 1. The molecule has 1 aliphatic rings. The lowest BCUT2D eigenvalue weighted by atomic mass is 9.93. The highest BCUT2D eigenvalue weighted by atomic mass is 32.2. The van der Waals surface area contributed by atoms with Gasteiger partial charge in [0.1, 0.15) is 0 Å². The van der Waals surface area contributed by atoms with Gasteiger partial charge < -0.3 is 4.90 Å². The van der Waals surface area contributed by atoms with Gasteiger partial charge >= 0.3 is 0 Å². The number of carbonyl (C=O) groups excluding carboxylic acids is 1. The maximum atomic E-state index is 13.1. The number of benzene rings is 2. The van der Waals surface area contributed by atoms with E-state index in [-0.39, 0.29) is 11.8 Å². The highest BCUT2D eigenvalue weighted by Gasteiger charge is 2.32. The summed E-state index contributed by atoms with van der Waals surface area (Å²) in [5, 5.41) is 0. The fourth-order valence-corrected chi connectivity index (χ4v) is 5.06. The Kier molecular flexibility index (Phi) is 6.52. The Bertz CT molecular complexity index is 887. The van der Waals surface area contributed by atoms with Crippen LogP contribution in [0.5, 0.6) is 0 Å². The van der Waals surface area contributed by atoms with Crippen LogP contribution in [-0.2, 0) is 14.8 Å². The molecule has 0 saturated carbocycles. The lowest BCUT2D eigenvalue weighted by Crippen LogP contribution is -2.51. The van der Waals surface area contributed by atoms with Crippen LogP contribution in [-0.4, -0.2) is 49.7 Å². The van der Waals surface area contributed by atoms with Crippen molar-refractivity contribution in [3.8, 4) is 0 Å². The van der Waals surface area contributed by atoms with Crippen LogP contribution in [0.3, 0.4) is 0 Å². The first-order valence-electron chi connectivity index (χ1n) is 9.84. The number of sulfonamides is 1. The SMILES string of the molecule is CCC[C@H](C(=O)N1CCN(S(=O)(=O)c2ccc(C)cc2)CC1)c1ccccc1. The summed E-state index contributed by atoms with van der Waals surface area (Å²) >= 11 is 0. The number of rotatable bonds is 6. The van der Waals surface area contributed by atoms with Crippen molar-refractivity contribution < 1.29 is 13.2 Å². The third-order valence-corrected chi connectivity index (χ3v) is 7.20. The van der Waals surface area contributed by atoms with Gasteiger partial charge in [0, 0.05) is 26.2 Å². The van der Waals surface area contributed by atoms with E-state index < -0.39 is 10.0 Å². The van der Waals surface area contributed by atoms with E-state index in [0.29, 0.717) is 31.1 Å². The molecule has 0 bridgehead atoms. The van der Waals surface area contributed by atoms with Crippen molar-refractivity contribution in [2.24, 2.45) is 0 Å². The predicted octanol–water partition coefficient (Wildman–Crippen LogP) is 3.41. The average molecular weight is 401 g/mol. The molecule has 1 heterocycles. The van der Waals surface area contributed by atoms with Crippen LogP contribution in [0.1, 0.15) is 36.8 Å². The molecule has 1 atom stereocenters. The predicted molar refractivity (Wildman–Crippen MR) is 111 cm³/mol. The Morgan fingerprint density at radius 3 is 2.14 bits per heavy atom. The molecule has 0 aliphatic carbocycles. The van der Waals surface area contributed by atoms with Gasteiger partial charge in [0.15, 0.2) is 0 Å². The molecular formula is C22H28N2O3S. The summed E-state index contributed by atoms with van der Waals surface area (Å²) in [6.07, 6.45) is 1.72. The van der Waals surface area contributed by atoms with Gasteiger partial charge in [-0.3, -0.25) is 4.79 Å². The average Bonchev–Trinajstić information content (AvgIpc) is 2.72. The molecule has 1 saturated heterocycles. The molecule has 1 amide bonds. The zero-order valence-corrected chi connectivity index (χ0v) is 17.4. The zero-order valence-electron chi connectivity index (χ0n) is 16.5. The summed E-state index contributed by atoms with van der Waals surface area (Å²) in [4.78, 5) is 15.2. The van der Waals surface area contributed by atoms with E-state index in [1.807, 2.05) is 54.3 Å². The van der Waals surface area contributed by atoms with Crippen LogP contribution in [0, 0.1) is 6.92 Å². The fraction of sp³-hybridized carbons (Fsp3) is 0.409. The molecule has 2 aromatic rings. The van der Waals surface area contributed by atoms with Crippen LogP contribution in [0.2, 0.25) is 0 Å². The van der Waals surface area contributed by atoms with Crippen molar-refractivity contribution >= 4 is 15.9 Å². The lowest BCUT2D eigenvalue weighted by Gasteiger charge is -2.36. The molecule has 150 valence electrons. The second kappa shape index (κ2) is 8.88. The quantitative estimate of drug-likeness (QED) is 0.747. The van der Waals surface area contributed by atoms with Gasteiger partial charge in [-0.1, -0.05) is 61.4 Å². The Labute approximate surface area is 168 Å². The topological polar surface area (TPSA) is 57.7 Å². The van der Waals surface area contributed by atoms with Crippen molar-refractivity contribution in [3.05, 3.63) is 65.7 Å². The van der Waals surface area contributed by atoms with Gasteiger partial charge in [-0.25, -0.2) is 8.42 Å². The minimum atomic E-state index is -3.52. The Morgan fingerprint density at radius 2 is 1.57 bits per heavy atom. The van der Waals surface area contributed by atoms with E-state index in [9.17, 15) is 13.2 Å². The second-order valence-electron chi connectivity index (χ2n) is 7.29. The lowest BCUT2D eigenvalue weighted by molar-refractivity contribution is -0.134. The molecule has 3 rings (SSSR count). The van der Waals surface area contributed by atoms with E-state index >= 15 is 0 Å². The number of aryl methyl sites for hydroxylation is 1. The summed E-state index contributed by atoms with van der Waals surface area (Å²) < 4.78 is 27.2. The summed E-state index contributed by atoms with van der Waals surface area (Å²) in [5.41, 5.74) is 2.06. The number of carbonyl (C=O) groups is 1. The number of nitrogens with zero attached hydrogens (tertiary/aromatic N) is 2. The fourth-order valence-electron chi connectivity index (χ4n) is 3.64. The van der Waals surface area contributed by atoms with Gasteiger partial charge in [-0.05, 0) is 31.0 Å². The Morgan fingerprint density at radius 1 is 0.964 bits per heavy atom. The first kappa shape index (κ1) is 20.6. The molecule has 1 fully saturated rings. The van der Waals surface area contributed by atoms with Crippen LogP contribution in [0.4, 0.5) is 0 Å². The van der Waals surface area contributed by atoms with Crippen molar-refractivity contribution in [3.63, 3.8) is 0 Å². The maximum Gasteiger partial charge on any atom is 0.243 e.